The SMILES string of the molecule is COCC(C)NC[C@@H](O)[C@@H](Cc1cc(F)cc(F)c1)NC(=O)Cc1ccc(SC)cc1. The number of ether oxygens (including phenoxy) is 1. The number of thioether (sulfide) groups is 1. The molecule has 0 saturated carbocycles. The van der Waals surface area contributed by atoms with Gasteiger partial charge in [0.1, 0.15) is 11.6 Å². The van der Waals surface area contributed by atoms with Crippen LogP contribution in [0.2, 0.25) is 0 Å². The smallest absolute Gasteiger partial charge is 0.224 e. The molecule has 0 aromatic heterocycles. The quantitative estimate of drug-likeness (QED) is 0.432. The maximum atomic E-state index is 13.6. The highest BCUT2D eigenvalue weighted by Crippen LogP contribution is 2.16. The summed E-state index contributed by atoms with van der Waals surface area (Å²) in [6, 6.07) is 10.1. The Bertz CT molecular complexity index is 816. The van der Waals surface area contributed by atoms with Gasteiger partial charge in [-0.3, -0.25) is 4.79 Å². The highest BCUT2D eigenvalue weighted by atomic mass is 32.2. The molecule has 0 bridgehead atoms. The second-order valence-corrected chi connectivity index (χ2v) is 8.39. The average Bonchev–Trinajstić information content (AvgIpc) is 2.71. The van der Waals surface area contributed by atoms with Crippen molar-refractivity contribution in [1.82, 2.24) is 10.6 Å². The normalized spacial score (nSPS) is 14.1. The highest BCUT2D eigenvalue weighted by Gasteiger charge is 2.23. The molecule has 0 heterocycles. The van der Waals surface area contributed by atoms with Crippen LogP contribution in [-0.2, 0) is 22.4 Å². The molecule has 0 saturated heterocycles. The summed E-state index contributed by atoms with van der Waals surface area (Å²) in [4.78, 5) is 13.7. The van der Waals surface area contributed by atoms with Crippen LogP contribution in [0.5, 0.6) is 0 Å². The Hall–Kier alpha value is -2.00. The van der Waals surface area contributed by atoms with E-state index in [-0.39, 0.29) is 31.3 Å². The van der Waals surface area contributed by atoms with E-state index >= 15 is 0 Å². The Morgan fingerprint density at radius 2 is 1.77 bits per heavy atom. The van der Waals surface area contributed by atoms with Gasteiger partial charge >= 0.3 is 0 Å². The number of carbonyl (C=O) groups is 1. The largest absolute Gasteiger partial charge is 0.390 e. The summed E-state index contributed by atoms with van der Waals surface area (Å²) in [6.07, 6.45) is 1.24. The molecular formula is C23H30F2N2O3S. The first-order valence-electron chi connectivity index (χ1n) is 10.1. The molecule has 3 atom stereocenters. The topological polar surface area (TPSA) is 70.6 Å². The molecule has 1 amide bonds. The molecule has 2 aromatic rings. The lowest BCUT2D eigenvalue weighted by Crippen LogP contribution is -2.50. The van der Waals surface area contributed by atoms with Crippen molar-refractivity contribution in [3.8, 4) is 0 Å². The monoisotopic (exact) mass is 452 g/mol. The predicted molar refractivity (Wildman–Crippen MR) is 119 cm³/mol. The van der Waals surface area contributed by atoms with Crippen LogP contribution >= 0.6 is 11.8 Å². The fraction of sp³-hybridized carbons (Fsp3) is 0.435. The zero-order valence-electron chi connectivity index (χ0n) is 18.0. The summed E-state index contributed by atoms with van der Waals surface area (Å²) in [5.74, 6) is -1.67. The molecule has 170 valence electrons. The minimum atomic E-state index is -0.964. The van der Waals surface area contributed by atoms with E-state index < -0.39 is 23.8 Å². The van der Waals surface area contributed by atoms with Crippen molar-refractivity contribution in [2.45, 2.75) is 42.8 Å². The number of amides is 1. The fourth-order valence-electron chi connectivity index (χ4n) is 3.23. The minimum absolute atomic E-state index is 0.00225. The minimum Gasteiger partial charge on any atom is -0.390 e. The lowest BCUT2D eigenvalue weighted by molar-refractivity contribution is -0.122. The van der Waals surface area contributed by atoms with Crippen LogP contribution in [0.25, 0.3) is 0 Å². The Balaban J connectivity index is 2.08. The van der Waals surface area contributed by atoms with Crippen molar-refractivity contribution in [1.29, 1.82) is 0 Å². The van der Waals surface area contributed by atoms with Crippen LogP contribution in [0.1, 0.15) is 18.1 Å². The molecule has 1 unspecified atom stereocenters. The lowest BCUT2D eigenvalue weighted by Gasteiger charge is -2.26. The molecule has 0 aliphatic carbocycles. The van der Waals surface area contributed by atoms with Crippen LogP contribution < -0.4 is 10.6 Å². The maximum Gasteiger partial charge on any atom is 0.224 e. The summed E-state index contributed by atoms with van der Waals surface area (Å²) in [5.41, 5.74) is 1.20. The van der Waals surface area contributed by atoms with Gasteiger partial charge in [-0.05, 0) is 55.0 Å². The number of methoxy groups -OCH3 is 1. The van der Waals surface area contributed by atoms with Crippen LogP contribution in [0.3, 0.4) is 0 Å². The molecule has 0 aliphatic rings. The van der Waals surface area contributed by atoms with Crippen molar-refractivity contribution >= 4 is 17.7 Å². The van der Waals surface area contributed by atoms with Gasteiger partial charge in [-0.2, -0.15) is 0 Å². The first kappa shape index (κ1) is 25.3. The van der Waals surface area contributed by atoms with Gasteiger partial charge in [0.2, 0.25) is 5.91 Å². The Kier molecular flexibility index (Phi) is 10.4. The van der Waals surface area contributed by atoms with Crippen molar-refractivity contribution < 1.29 is 23.4 Å². The number of halogens is 2. The van der Waals surface area contributed by atoms with E-state index in [4.69, 9.17) is 4.74 Å². The molecule has 31 heavy (non-hydrogen) atoms. The molecule has 2 aromatic carbocycles. The second kappa shape index (κ2) is 12.8. The maximum absolute atomic E-state index is 13.6. The van der Waals surface area contributed by atoms with Crippen molar-refractivity contribution in [2.75, 3.05) is 26.5 Å². The van der Waals surface area contributed by atoms with Crippen LogP contribution in [0.4, 0.5) is 8.78 Å². The lowest BCUT2D eigenvalue weighted by atomic mass is 10.00. The summed E-state index contributed by atoms with van der Waals surface area (Å²) >= 11 is 1.61. The van der Waals surface area contributed by atoms with E-state index in [0.717, 1.165) is 16.5 Å². The molecule has 0 aliphatic heterocycles. The number of benzene rings is 2. The third-order valence-electron chi connectivity index (χ3n) is 4.80. The summed E-state index contributed by atoms with van der Waals surface area (Å²) in [5, 5.41) is 16.7. The van der Waals surface area contributed by atoms with Gasteiger partial charge in [0, 0.05) is 30.7 Å². The fourth-order valence-corrected chi connectivity index (χ4v) is 3.63. The summed E-state index contributed by atoms with van der Waals surface area (Å²) in [7, 11) is 1.59. The Labute approximate surface area is 186 Å². The Morgan fingerprint density at radius 1 is 1.13 bits per heavy atom. The van der Waals surface area contributed by atoms with E-state index in [1.165, 1.54) is 12.1 Å². The third kappa shape index (κ3) is 8.95. The molecule has 2 rings (SSSR count). The number of aliphatic hydroxyl groups is 1. The molecule has 0 radical (unpaired) electrons. The first-order valence-corrected chi connectivity index (χ1v) is 11.3. The van der Waals surface area contributed by atoms with E-state index in [9.17, 15) is 18.7 Å². The number of rotatable bonds is 12. The molecule has 0 spiro atoms. The number of nitrogens with one attached hydrogen (secondary N) is 2. The number of carbonyl (C=O) groups excluding carboxylic acids is 1. The summed E-state index contributed by atoms with van der Waals surface area (Å²) < 4.78 is 32.3. The van der Waals surface area contributed by atoms with Crippen molar-refractivity contribution in [3.05, 3.63) is 65.2 Å². The van der Waals surface area contributed by atoms with Gasteiger partial charge in [0.05, 0.1) is 25.2 Å². The van der Waals surface area contributed by atoms with Crippen molar-refractivity contribution in [3.63, 3.8) is 0 Å². The molecule has 3 N–H and O–H groups in total. The molecule has 8 heteroatoms. The number of aliphatic hydroxyl groups excluding tert-OH is 1. The summed E-state index contributed by atoms with van der Waals surface area (Å²) in [6.45, 7) is 2.56. The van der Waals surface area contributed by atoms with E-state index in [1.807, 2.05) is 37.4 Å². The molecular weight excluding hydrogens is 422 g/mol. The van der Waals surface area contributed by atoms with Gasteiger partial charge in [0.15, 0.2) is 0 Å². The van der Waals surface area contributed by atoms with E-state index in [1.54, 1.807) is 18.9 Å². The van der Waals surface area contributed by atoms with E-state index in [0.29, 0.717) is 12.2 Å². The number of hydrogen-bond donors (Lipinski definition) is 3. The van der Waals surface area contributed by atoms with Crippen molar-refractivity contribution in [2.24, 2.45) is 0 Å². The number of hydrogen-bond acceptors (Lipinski definition) is 5. The van der Waals surface area contributed by atoms with Gasteiger partial charge < -0.3 is 20.5 Å². The predicted octanol–water partition coefficient (Wildman–Crippen LogP) is 2.94. The van der Waals surface area contributed by atoms with E-state index in [2.05, 4.69) is 10.6 Å². The zero-order valence-corrected chi connectivity index (χ0v) is 18.8. The van der Waals surface area contributed by atoms with Gasteiger partial charge in [-0.1, -0.05) is 12.1 Å². The van der Waals surface area contributed by atoms with Crippen LogP contribution in [-0.4, -0.2) is 55.7 Å². The highest BCUT2D eigenvalue weighted by molar-refractivity contribution is 7.98. The van der Waals surface area contributed by atoms with Crippen LogP contribution in [0.15, 0.2) is 47.4 Å². The van der Waals surface area contributed by atoms with Gasteiger partial charge in [-0.15, -0.1) is 11.8 Å². The standard InChI is InChI=1S/C23H30F2N2O3S/c1-15(14-30-2)26-13-22(28)21(10-17-8-18(24)12-19(25)9-17)27-23(29)11-16-4-6-20(31-3)7-5-16/h4-9,12,15,21-22,26,28H,10-11,13-14H2,1-3H3,(H,27,29)/t15?,21-,22-/m1/s1. The Morgan fingerprint density at radius 3 is 2.35 bits per heavy atom. The average molecular weight is 453 g/mol. The molecule has 0 fully saturated rings. The van der Waals surface area contributed by atoms with Gasteiger partial charge in [-0.25, -0.2) is 8.78 Å². The van der Waals surface area contributed by atoms with Crippen LogP contribution in [0, 0.1) is 11.6 Å². The third-order valence-corrected chi connectivity index (χ3v) is 5.55. The molecule has 5 nitrogen and oxygen atoms in total. The first-order chi connectivity index (χ1) is 14.8. The zero-order chi connectivity index (χ0) is 22.8. The van der Waals surface area contributed by atoms with Gasteiger partial charge in [0.25, 0.3) is 0 Å². The second-order valence-electron chi connectivity index (χ2n) is 7.51.